The molecule has 0 spiro atoms. The number of alkyl halides is 1. The first-order valence-electron chi connectivity index (χ1n) is 3.88. The zero-order valence-corrected chi connectivity index (χ0v) is 9.40. The molecule has 0 saturated carbocycles. The molecule has 7 heteroatoms. The third-order valence-electron chi connectivity index (χ3n) is 1.57. The minimum atomic E-state index is -3.60. The standard InChI is InChI=1S/C8H9ClFNO3S/c1-14-8-3-2-6(4-7(8)10)11-15(12,13)5-9/h2-4,11H,5H2,1H3. The van der Waals surface area contributed by atoms with E-state index in [0.29, 0.717) is 0 Å². The number of halogens is 2. The summed E-state index contributed by atoms with van der Waals surface area (Å²) < 4.78 is 42.0. The molecule has 1 rings (SSSR count). The lowest BCUT2D eigenvalue weighted by molar-refractivity contribution is 0.387. The molecular formula is C8H9ClFNO3S. The van der Waals surface area contributed by atoms with Gasteiger partial charge in [-0.1, -0.05) is 0 Å². The van der Waals surface area contributed by atoms with Crippen molar-refractivity contribution in [2.24, 2.45) is 0 Å². The second-order valence-electron chi connectivity index (χ2n) is 2.68. The third-order valence-corrected chi connectivity index (χ3v) is 3.26. The van der Waals surface area contributed by atoms with Crippen molar-refractivity contribution >= 4 is 27.3 Å². The van der Waals surface area contributed by atoms with Gasteiger partial charge in [0.25, 0.3) is 0 Å². The van der Waals surface area contributed by atoms with Crippen molar-refractivity contribution in [3.8, 4) is 5.75 Å². The molecule has 0 aliphatic heterocycles. The fourth-order valence-electron chi connectivity index (χ4n) is 0.937. The van der Waals surface area contributed by atoms with Crippen molar-refractivity contribution in [3.63, 3.8) is 0 Å². The zero-order chi connectivity index (χ0) is 11.5. The van der Waals surface area contributed by atoms with E-state index in [0.717, 1.165) is 6.07 Å². The van der Waals surface area contributed by atoms with Gasteiger partial charge in [-0.05, 0) is 12.1 Å². The van der Waals surface area contributed by atoms with Gasteiger partial charge < -0.3 is 4.74 Å². The summed E-state index contributed by atoms with van der Waals surface area (Å²) in [5.74, 6) is -0.601. The van der Waals surface area contributed by atoms with Gasteiger partial charge in [-0.15, -0.1) is 11.6 Å². The van der Waals surface area contributed by atoms with Crippen LogP contribution < -0.4 is 9.46 Å². The predicted molar refractivity (Wildman–Crippen MR) is 56.2 cm³/mol. The number of sulfonamides is 1. The minimum Gasteiger partial charge on any atom is -0.494 e. The Balaban J connectivity index is 2.94. The average Bonchev–Trinajstić information content (AvgIpc) is 2.17. The monoisotopic (exact) mass is 253 g/mol. The lowest BCUT2D eigenvalue weighted by Crippen LogP contribution is -2.13. The van der Waals surface area contributed by atoms with E-state index in [4.69, 9.17) is 11.6 Å². The predicted octanol–water partition coefficient (Wildman–Crippen LogP) is 1.77. The number of rotatable bonds is 4. The highest BCUT2D eigenvalue weighted by molar-refractivity contribution is 7.93. The number of benzene rings is 1. The largest absolute Gasteiger partial charge is 0.494 e. The van der Waals surface area contributed by atoms with Gasteiger partial charge in [-0.3, -0.25) is 4.72 Å². The Hall–Kier alpha value is -1.01. The molecule has 0 aliphatic rings. The highest BCUT2D eigenvalue weighted by atomic mass is 35.5. The molecule has 15 heavy (non-hydrogen) atoms. The normalized spacial score (nSPS) is 11.1. The highest BCUT2D eigenvalue weighted by Gasteiger charge is 2.10. The van der Waals surface area contributed by atoms with Crippen LogP contribution in [0.2, 0.25) is 0 Å². The Labute approximate surface area is 92.1 Å². The molecule has 0 aliphatic carbocycles. The van der Waals surface area contributed by atoms with Crippen molar-refractivity contribution in [2.45, 2.75) is 0 Å². The number of hydrogen-bond donors (Lipinski definition) is 1. The second-order valence-corrected chi connectivity index (χ2v) is 4.98. The van der Waals surface area contributed by atoms with E-state index in [2.05, 4.69) is 9.46 Å². The molecular weight excluding hydrogens is 245 g/mol. The maximum Gasteiger partial charge on any atom is 0.246 e. The molecule has 0 heterocycles. The van der Waals surface area contributed by atoms with Gasteiger partial charge in [0.1, 0.15) is 5.21 Å². The van der Waals surface area contributed by atoms with Crippen LogP contribution in [0.4, 0.5) is 10.1 Å². The van der Waals surface area contributed by atoms with E-state index >= 15 is 0 Å². The lowest BCUT2D eigenvalue weighted by atomic mass is 10.3. The quantitative estimate of drug-likeness (QED) is 0.832. The SMILES string of the molecule is COc1ccc(NS(=O)(=O)CCl)cc1F. The number of nitrogens with one attached hydrogen (secondary N) is 1. The molecule has 0 atom stereocenters. The van der Waals surface area contributed by atoms with Gasteiger partial charge in [0.15, 0.2) is 11.6 Å². The van der Waals surface area contributed by atoms with Crippen LogP contribution >= 0.6 is 11.6 Å². The molecule has 84 valence electrons. The van der Waals surface area contributed by atoms with Crippen LogP contribution in [0.3, 0.4) is 0 Å². The summed E-state index contributed by atoms with van der Waals surface area (Å²) in [5.41, 5.74) is 0.106. The summed E-state index contributed by atoms with van der Waals surface area (Å²) >= 11 is 5.17. The summed E-state index contributed by atoms with van der Waals surface area (Å²) in [6.07, 6.45) is 0. The van der Waals surface area contributed by atoms with E-state index in [9.17, 15) is 12.8 Å². The van der Waals surface area contributed by atoms with Crippen LogP contribution in [0.25, 0.3) is 0 Å². The minimum absolute atomic E-state index is 0.0452. The van der Waals surface area contributed by atoms with Crippen LogP contribution in [0.1, 0.15) is 0 Å². The van der Waals surface area contributed by atoms with Crippen molar-refractivity contribution in [2.75, 3.05) is 17.0 Å². The van der Waals surface area contributed by atoms with E-state index in [1.165, 1.54) is 19.2 Å². The Kier molecular flexibility index (Phi) is 3.76. The third kappa shape index (κ3) is 3.24. The number of anilines is 1. The summed E-state index contributed by atoms with van der Waals surface area (Å²) in [5, 5.41) is -0.583. The van der Waals surface area contributed by atoms with Gasteiger partial charge in [-0.2, -0.15) is 0 Å². The first-order chi connectivity index (χ1) is 6.98. The van der Waals surface area contributed by atoms with Crippen molar-refractivity contribution in [3.05, 3.63) is 24.0 Å². The van der Waals surface area contributed by atoms with Crippen LogP contribution in [-0.2, 0) is 10.0 Å². The van der Waals surface area contributed by atoms with Gasteiger partial charge >= 0.3 is 0 Å². The van der Waals surface area contributed by atoms with Crippen molar-refractivity contribution in [1.82, 2.24) is 0 Å². The Morgan fingerprint density at radius 1 is 1.53 bits per heavy atom. The maximum absolute atomic E-state index is 13.1. The number of methoxy groups -OCH3 is 1. The average molecular weight is 254 g/mol. The molecule has 0 saturated heterocycles. The molecule has 1 N–H and O–H groups in total. The first kappa shape index (κ1) is 12.1. The van der Waals surface area contributed by atoms with Crippen LogP contribution in [0, 0.1) is 5.82 Å². The summed E-state index contributed by atoms with van der Waals surface area (Å²) in [4.78, 5) is 0. The molecule has 0 unspecified atom stereocenters. The Morgan fingerprint density at radius 2 is 2.20 bits per heavy atom. The molecule has 0 aromatic heterocycles. The highest BCUT2D eigenvalue weighted by Crippen LogP contribution is 2.21. The fourth-order valence-corrected chi connectivity index (χ4v) is 1.64. The molecule has 0 fully saturated rings. The number of ether oxygens (including phenoxy) is 1. The van der Waals surface area contributed by atoms with Crippen LogP contribution in [0.15, 0.2) is 18.2 Å². The molecule has 1 aromatic carbocycles. The van der Waals surface area contributed by atoms with Gasteiger partial charge in [0.05, 0.1) is 12.8 Å². The van der Waals surface area contributed by atoms with Gasteiger partial charge in [-0.25, -0.2) is 12.8 Å². The van der Waals surface area contributed by atoms with E-state index < -0.39 is 21.1 Å². The van der Waals surface area contributed by atoms with E-state index in [-0.39, 0.29) is 11.4 Å². The smallest absolute Gasteiger partial charge is 0.246 e. The van der Waals surface area contributed by atoms with E-state index in [1.807, 2.05) is 0 Å². The van der Waals surface area contributed by atoms with Gasteiger partial charge in [0.2, 0.25) is 10.0 Å². The first-order valence-corrected chi connectivity index (χ1v) is 6.07. The van der Waals surface area contributed by atoms with Gasteiger partial charge in [0, 0.05) is 6.07 Å². The molecule has 4 nitrogen and oxygen atoms in total. The Bertz CT molecular complexity index is 449. The molecule has 0 amide bonds. The fraction of sp³-hybridized carbons (Fsp3) is 0.250. The second kappa shape index (κ2) is 4.67. The maximum atomic E-state index is 13.1. The molecule has 0 radical (unpaired) electrons. The lowest BCUT2D eigenvalue weighted by Gasteiger charge is -2.07. The topological polar surface area (TPSA) is 55.4 Å². The molecule has 0 bridgehead atoms. The Morgan fingerprint density at radius 3 is 2.67 bits per heavy atom. The zero-order valence-electron chi connectivity index (χ0n) is 7.83. The summed E-state index contributed by atoms with van der Waals surface area (Å²) in [6.45, 7) is 0. The van der Waals surface area contributed by atoms with E-state index in [1.54, 1.807) is 0 Å². The van der Waals surface area contributed by atoms with Crippen molar-refractivity contribution < 1.29 is 17.5 Å². The summed E-state index contributed by atoms with van der Waals surface area (Å²) in [7, 11) is -2.28. The van der Waals surface area contributed by atoms with Crippen LogP contribution in [0.5, 0.6) is 5.75 Å². The summed E-state index contributed by atoms with van der Waals surface area (Å²) in [6, 6.07) is 3.72. The molecule has 1 aromatic rings. The number of hydrogen-bond acceptors (Lipinski definition) is 3. The van der Waals surface area contributed by atoms with Crippen molar-refractivity contribution in [1.29, 1.82) is 0 Å². The van der Waals surface area contributed by atoms with Crippen LogP contribution in [-0.4, -0.2) is 20.7 Å².